The van der Waals surface area contributed by atoms with Crippen LogP contribution in [-0.4, -0.2) is 24.2 Å². The van der Waals surface area contributed by atoms with Crippen molar-refractivity contribution in [1.29, 1.82) is 0 Å². The van der Waals surface area contributed by atoms with Gasteiger partial charge in [-0.2, -0.15) is 0 Å². The zero-order chi connectivity index (χ0) is 12.7. The number of amides is 1. The third kappa shape index (κ3) is 4.63. The minimum absolute atomic E-state index is 0.192. The van der Waals surface area contributed by atoms with E-state index in [1.165, 1.54) is 0 Å². The van der Waals surface area contributed by atoms with Gasteiger partial charge in [-0.1, -0.05) is 11.6 Å². The van der Waals surface area contributed by atoms with E-state index in [1.807, 2.05) is 0 Å². The second-order valence-electron chi connectivity index (χ2n) is 3.78. The smallest absolute Gasteiger partial charge is 0.252 e. The molecule has 0 unspecified atom stereocenters. The van der Waals surface area contributed by atoms with Crippen LogP contribution in [0, 0.1) is 0 Å². The predicted octanol–water partition coefficient (Wildman–Crippen LogP) is 1.81. The van der Waals surface area contributed by atoms with Gasteiger partial charge < -0.3 is 16.2 Å². The average molecular weight is 257 g/mol. The third-order valence-corrected chi connectivity index (χ3v) is 2.67. The standard InChI is InChI=1S/C12H17ClN2O2/c13-11-8-9(14)4-5-10(11)12(17)15-6-2-1-3-7-16/h4-5,8,16H,1-3,6-7,14H2,(H,15,17). The highest BCUT2D eigenvalue weighted by atomic mass is 35.5. The lowest BCUT2D eigenvalue weighted by Gasteiger charge is -2.07. The van der Waals surface area contributed by atoms with Gasteiger partial charge in [-0.05, 0) is 37.5 Å². The van der Waals surface area contributed by atoms with Crippen LogP contribution in [0.1, 0.15) is 29.6 Å². The van der Waals surface area contributed by atoms with Gasteiger partial charge in [0.2, 0.25) is 0 Å². The molecule has 1 aromatic carbocycles. The van der Waals surface area contributed by atoms with Gasteiger partial charge in [0.15, 0.2) is 0 Å². The maximum absolute atomic E-state index is 11.7. The van der Waals surface area contributed by atoms with E-state index >= 15 is 0 Å². The fourth-order valence-corrected chi connectivity index (χ4v) is 1.70. The number of hydrogen-bond donors (Lipinski definition) is 3. The lowest BCUT2D eigenvalue weighted by atomic mass is 10.2. The number of nitrogens with one attached hydrogen (secondary N) is 1. The Morgan fingerprint density at radius 3 is 2.76 bits per heavy atom. The van der Waals surface area contributed by atoms with Crippen LogP contribution >= 0.6 is 11.6 Å². The molecule has 0 spiro atoms. The molecule has 4 nitrogen and oxygen atoms in total. The quantitative estimate of drug-likeness (QED) is 0.537. The predicted molar refractivity (Wildman–Crippen MR) is 69.1 cm³/mol. The van der Waals surface area contributed by atoms with Gasteiger partial charge in [-0.3, -0.25) is 4.79 Å². The highest BCUT2D eigenvalue weighted by Gasteiger charge is 2.09. The lowest BCUT2D eigenvalue weighted by molar-refractivity contribution is 0.0953. The summed E-state index contributed by atoms with van der Waals surface area (Å²) in [5.74, 6) is -0.195. The number of carbonyl (C=O) groups is 1. The number of unbranched alkanes of at least 4 members (excludes halogenated alkanes) is 2. The van der Waals surface area contributed by atoms with Crippen molar-refractivity contribution in [2.75, 3.05) is 18.9 Å². The number of aliphatic hydroxyl groups is 1. The first-order chi connectivity index (χ1) is 8.15. The molecule has 1 rings (SSSR count). The van der Waals surface area contributed by atoms with E-state index in [1.54, 1.807) is 18.2 Å². The van der Waals surface area contributed by atoms with Crippen LogP contribution in [0.4, 0.5) is 5.69 Å². The first-order valence-electron chi connectivity index (χ1n) is 5.59. The van der Waals surface area contributed by atoms with Crippen molar-refractivity contribution in [3.8, 4) is 0 Å². The van der Waals surface area contributed by atoms with E-state index in [0.29, 0.717) is 22.8 Å². The van der Waals surface area contributed by atoms with Crippen LogP contribution in [0.5, 0.6) is 0 Å². The van der Waals surface area contributed by atoms with Crippen LogP contribution < -0.4 is 11.1 Å². The zero-order valence-corrected chi connectivity index (χ0v) is 10.3. The minimum Gasteiger partial charge on any atom is -0.399 e. The van der Waals surface area contributed by atoms with Crippen LogP contribution in [0.15, 0.2) is 18.2 Å². The summed E-state index contributed by atoms with van der Waals surface area (Å²) in [5, 5.41) is 11.7. The molecule has 17 heavy (non-hydrogen) atoms. The average Bonchev–Trinajstić information content (AvgIpc) is 2.28. The van der Waals surface area contributed by atoms with Crippen LogP contribution in [0.2, 0.25) is 5.02 Å². The van der Waals surface area contributed by atoms with Crippen molar-refractivity contribution in [2.24, 2.45) is 0 Å². The topological polar surface area (TPSA) is 75.4 Å². The Hall–Kier alpha value is -1.26. The van der Waals surface area contributed by atoms with Gasteiger partial charge in [0.1, 0.15) is 0 Å². The molecular weight excluding hydrogens is 240 g/mol. The summed E-state index contributed by atoms with van der Waals surface area (Å²) in [6, 6.07) is 4.81. The number of aliphatic hydroxyl groups excluding tert-OH is 1. The number of halogens is 1. The summed E-state index contributed by atoms with van der Waals surface area (Å²) < 4.78 is 0. The first-order valence-corrected chi connectivity index (χ1v) is 5.97. The number of nitrogen functional groups attached to an aromatic ring is 1. The molecule has 1 amide bonds. The monoisotopic (exact) mass is 256 g/mol. The highest BCUT2D eigenvalue weighted by molar-refractivity contribution is 6.34. The maximum Gasteiger partial charge on any atom is 0.252 e. The van der Waals surface area contributed by atoms with E-state index < -0.39 is 0 Å². The Labute approximate surface area is 106 Å². The van der Waals surface area contributed by atoms with Crippen LogP contribution in [-0.2, 0) is 0 Å². The number of hydrogen-bond acceptors (Lipinski definition) is 3. The normalized spacial score (nSPS) is 10.2. The molecule has 0 radical (unpaired) electrons. The molecule has 0 saturated heterocycles. The fraction of sp³-hybridized carbons (Fsp3) is 0.417. The molecule has 0 bridgehead atoms. The Balaban J connectivity index is 2.42. The first kappa shape index (κ1) is 13.8. The van der Waals surface area contributed by atoms with Gasteiger partial charge in [-0.15, -0.1) is 0 Å². The van der Waals surface area contributed by atoms with Crippen molar-refractivity contribution in [1.82, 2.24) is 5.32 Å². The van der Waals surface area contributed by atoms with Crippen molar-refractivity contribution in [2.45, 2.75) is 19.3 Å². The zero-order valence-electron chi connectivity index (χ0n) is 9.58. The van der Waals surface area contributed by atoms with Crippen molar-refractivity contribution >= 4 is 23.2 Å². The molecule has 94 valence electrons. The van der Waals surface area contributed by atoms with Crippen LogP contribution in [0.25, 0.3) is 0 Å². The maximum atomic E-state index is 11.7. The van der Waals surface area contributed by atoms with E-state index in [2.05, 4.69) is 5.32 Å². The van der Waals surface area contributed by atoms with E-state index in [9.17, 15) is 4.79 Å². The van der Waals surface area contributed by atoms with Crippen molar-refractivity contribution in [3.63, 3.8) is 0 Å². The summed E-state index contributed by atoms with van der Waals surface area (Å²) in [4.78, 5) is 11.7. The van der Waals surface area contributed by atoms with E-state index in [-0.39, 0.29) is 12.5 Å². The molecule has 0 atom stereocenters. The summed E-state index contributed by atoms with van der Waals surface area (Å²) in [5.41, 5.74) is 6.51. The third-order valence-electron chi connectivity index (χ3n) is 2.36. The molecule has 0 aliphatic heterocycles. The molecule has 0 aliphatic carbocycles. The SMILES string of the molecule is Nc1ccc(C(=O)NCCCCCO)c(Cl)c1. The summed E-state index contributed by atoms with van der Waals surface area (Å²) >= 11 is 5.91. The molecule has 0 aliphatic rings. The molecule has 1 aromatic rings. The second kappa shape index (κ2) is 7.14. The Morgan fingerprint density at radius 1 is 1.35 bits per heavy atom. The largest absolute Gasteiger partial charge is 0.399 e. The Morgan fingerprint density at radius 2 is 2.12 bits per heavy atom. The fourth-order valence-electron chi connectivity index (χ4n) is 1.43. The number of nitrogens with two attached hydrogens (primary N) is 1. The minimum atomic E-state index is -0.195. The van der Waals surface area contributed by atoms with Gasteiger partial charge in [0, 0.05) is 18.8 Å². The van der Waals surface area contributed by atoms with Gasteiger partial charge in [-0.25, -0.2) is 0 Å². The number of rotatable bonds is 6. The Kier molecular flexibility index (Phi) is 5.80. The van der Waals surface area contributed by atoms with Crippen molar-refractivity contribution in [3.05, 3.63) is 28.8 Å². The molecule has 0 heterocycles. The molecule has 5 heteroatoms. The van der Waals surface area contributed by atoms with Gasteiger partial charge >= 0.3 is 0 Å². The lowest BCUT2D eigenvalue weighted by Crippen LogP contribution is -2.24. The molecular formula is C12H17ClN2O2. The van der Waals surface area contributed by atoms with Gasteiger partial charge in [0.05, 0.1) is 10.6 Å². The van der Waals surface area contributed by atoms with Gasteiger partial charge in [0.25, 0.3) is 5.91 Å². The number of benzene rings is 1. The van der Waals surface area contributed by atoms with Crippen molar-refractivity contribution < 1.29 is 9.90 Å². The van der Waals surface area contributed by atoms with Crippen LogP contribution in [0.3, 0.4) is 0 Å². The number of anilines is 1. The molecule has 4 N–H and O–H groups in total. The summed E-state index contributed by atoms with van der Waals surface area (Å²) in [6.07, 6.45) is 2.50. The molecule has 0 saturated carbocycles. The summed E-state index contributed by atoms with van der Waals surface area (Å²) in [7, 11) is 0. The molecule has 0 fully saturated rings. The van der Waals surface area contributed by atoms with E-state index in [4.69, 9.17) is 22.4 Å². The Bertz CT molecular complexity index is 383. The number of carbonyl (C=O) groups excluding carboxylic acids is 1. The summed E-state index contributed by atoms with van der Waals surface area (Å²) in [6.45, 7) is 0.775. The highest BCUT2D eigenvalue weighted by Crippen LogP contribution is 2.18. The molecule has 0 aromatic heterocycles. The second-order valence-corrected chi connectivity index (χ2v) is 4.19. The van der Waals surface area contributed by atoms with E-state index in [0.717, 1.165) is 19.3 Å².